The van der Waals surface area contributed by atoms with Crippen molar-refractivity contribution in [3.8, 4) is 11.1 Å². The number of hydrogen-bond acceptors (Lipinski definition) is 6. The molecule has 1 fully saturated rings. The van der Waals surface area contributed by atoms with E-state index in [2.05, 4.69) is 15.2 Å². The number of hydroxylamine groups is 1. The van der Waals surface area contributed by atoms with E-state index in [1.54, 1.807) is 11.1 Å². The lowest BCUT2D eigenvalue weighted by Gasteiger charge is -2.36. The smallest absolute Gasteiger partial charge is 0.318 e. The van der Waals surface area contributed by atoms with Gasteiger partial charge in [0.05, 0.1) is 12.3 Å². The summed E-state index contributed by atoms with van der Waals surface area (Å²) in [6.07, 6.45) is 1.61. The molecule has 9 nitrogen and oxygen atoms in total. The zero-order valence-corrected chi connectivity index (χ0v) is 16.5. The van der Waals surface area contributed by atoms with Crippen LogP contribution in [0.1, 0.15) is 6.92 Å². The quantitative estimate of drug-likeness (QED) is 0.425. The molecule has 3 amide bonds. The molecule has 2 aromatic rings. The van der Waals surface area contributed by atoms with E-state index in [0.717, 1.165) is 17.4 Å². The standard InChI is InChI=1S/C20H24FN5O4/c1-13(27)18(19(28)24-30)23-20(29)26-8-6-25(7-9-26)17-4-2-14(3-5-17)15-10-16(21)12-22-11-15/h2-5,10-13,18,27,30H,6-9H2,1H3,(H,23,29)(H,24,28)/t13-,18+/m0/s1. The van der Waals surface area contributed by atoms with Crippen LogP contribution in [0.25, 0.3) is 11.1 Å². The fourth-order valence-corrected chi connectivity index (χ4v) is 3.30. The molecule has 0 saturated carbocycles. The minimum Gasteiger partial charge on any atom is -0.391 e. The SMILES string of the molecule is C[C@H](O)[C@@H](NC(=O)N1CCN(c2ccc(-c3cncc(F)c3)cc2)CC1)C(=O)NO. The van der Waals surface area contributed by atoms with Crippen molar-refractivity contribution < 1.29 is 24.3 Å². The van der Waals surface area contributed by atoms with E-state index in [1.165, 1.54) is 18.5 Å². The van der Waals surface area contributed by atoms with Gasteiger partial charge < -0.3 is 20.2 Å². The minimum atomic E-state index is -1.25. The summed E-state index contributed by atoms with van der Waals surface area (Å²) in [5.74, 6) is -1.27. The molecule has 0 bridgehead atoms. The van der Waals surface area contributed by atoms with Crippen LogP contribution < -0.4 is 15.7 Å². The molecule has 0 spiro atoms. The Balaban J connectivity index is 1.57. The van der Waals surface area contributed by atoms with Crippen molar-refractivity contribution in [2.45, 2.75) is 19.1 Å². The van der Waals surface area contributed by atoms with Crippen LogP contribution in [0, 0.1) is 5.82 Å². The number of aliphatic hydroxyl groups is 1. The van der Waals surface area contributed by atoms with Gasteiger partial charge >= 0.3 is 6.03 Å². The lowest BCUT2D eigenvalue weighted by Crippen LogP contribution is -2.58. The van der Waals surface area contributed by atoms with Crippen LogP contribution in [0.5, 0.6) is 0 Å². The number of carbonyl (C=O) groups excluding carboxylic acids is 2. The third-order valence-corrected chi connectivity index (χ3v) is 4.99. The first-order valence-corrected chi connectivity index (χ1v) is 9.52. The van der Waals surface area contributed by atoms with Crippen LogP contribution in [0.15, 0.2) is 42.7 Å². The summed E-state index contributed by atoms with van der Waals surface area (Å²) < 4.78 is 13.4. The average Bonchev–Trinajstić information content (AvgIpc) is 2.77. The van der Waals surface area contributed by atoms with Gasteiger partial charge in [0, 0.05) is 43.6 Å². The molecular formula is C20H24FN5O4. The molecule has 0 aliphatic carbocycles. The molecule has 1 aromatic carbocycles. The highest BCUT2D eigenvalue weighted by molar-refractivity contribution is 5.87. The van der Waals surface area contributed by atoms with Gasteiger partial charge in [0.15, 0.2) is 0 Å². The molecule has 1 aliphatic heterocycles. The monoisotopic (exact) mass is 417 g/mol. The molecule has 160 valence electrons. The normalized spacial score (nSPS) is 16.0. The summed E-state index contributed by atoms with van der Waals surface area (Å²) in [5, 5.41) is 20.8. The molecule has 30 heavy (non-hydrogen) atoms. The summed E-state index contributed by atoms with van der Waals surface area (Å²) in [6.45, 7) is 3.37. The van der Waals surface area contributed by atoms with Crippen molar-refractivity contribution in [1.82, 2.24) is 20.7 Å². The summed E-state index contributed by atoms with van der Waals surface area (Å²) in [6, 6.07) is 7.35. The molecule has 4 N–H and O–H groups in total. The number of urea groups is 1. The number of nitrogens with one attached hydrogen (secondary N) is 2. The predicted octanol–water partition coefficient (Wildman–Crippen LogP) is 0.974. The van der Waals surface area contributed by atoms with Gasteiger partial charge in [0.2, 0.25) is 0 Å². The summed E-state index contributed by atoms with van der Waals surface area (Å²) in [4.78, 5) is 31.5. The number of carbonyl (C=O) groups is 2. The van der Waals surface area contributed by atoms with Crippen molar-refractivity contribution in [2.75, 3.05) is 31.1 Å². The molecule has 0 unspecified atom stereocenters. The minimum absolute atomic E-state index is 0.389. The van der Waals surface area contributed by atoms with Gasteiger partial charge in [-0.05, 0) is 30.7 Å². The number of nitrogens with zero attached hydrogens (tertiary/aromatic N) is 3. The summed E-state index contributed by atoms with van der Waals surface area (Å²) in [7, 11) is 0. The van der Waals surface area contributed by atoms with Crippen molar-refractivity contribution in [3.63, 3.8) is 0 Å². The molecule has 0 radical (unpaired) electrons. The molecule has 10 heteroatoms. The largest absolute Gasteiger partial charge is 0.391 e. The van der Waals surface area contributed by atoms with E-state index >= 15 is 0 Å². The Kier molecular flexibility index (Phi) is 6.80. The summed E-state index contributed by atoms with van der Waals surface area (Å²) in [5.41, 5.74) is 3.97. The van der Waals surface area contributed by atoms with Gasteiger partial charge in [0.1, 0.15) is 11.9 Å². The van der Waals surface area contributed by atoms with Crippen LogP contribution >= 0.6 is 0 Å². The van der Waals surface area contributed by atoms with E-state index < -0.39 is 24.1 Å². The van der Waals surface area contributed by atoms with E-state index in [1.807, 2.05) is 24.3 Å². The number of halogens is 1. The number of anilines is 1. The number of aliphatic hydroxyl groups excluding tert-OH is 1. The van der Waals surface area contributed by atoms with Crippen LogP contribution in [-0.2, 0) is 4.79 Å². The third-order valence-electron chi connectivity index (χ3n) is 4.99. The van der Waals surface area contributed by atoms with Crippen molar-refractivity contribution in [2.24, 2.45) is 0 Å². The molecule has 1 aromatic heterocycles. The zero-order chi connectivity index (χ0) is 21.7. The van der Waals surface area contributed by atoms with Gasteiger partial charge in [-0.15, -0.1) is 0 Å². The number of hydrogen-bond donors (Lipinski definition) is 4. The molecule has 1 saturated heterocycles. The van der Waals surface area contributed by atoms with Crippen molar-refractivity contribution in [1.29, 1.82) is 0 Å². The van der Waals surface area contributed by atoms with Crippen LogP contribution in [0.4, 0.5) is 14.9 Å². The highest BCUT2D eigenvalue weighted by Gasteiger charge is 2.29. The Labute approximate surface area is 173 Å². The first-order chi connectivity index (χ1) is 14.4. The second-order valence-electron chi connectivity index (χ2n) is 7.06. The van der Waals surface area contributed by atoms with Gasteiger partial charge in [-0.25, -0.2) is 14.7 Å². The van der Waals surface area contributed by atoms with Gasteiger partial charge in [-0.2, -0.15) is 0 Å². The van der Waals surface area contributed by atoms with Gasteiger partial charge in [0.25, 0.3) is 5.91 Å². The van der Waals surface area contributed by atoms with E-state index in [-0.39, 0.29) is 5.82 Å². The Morgan fingerprint density at radius 1 is 1.10 bits per heavy atom. The number of rotatable bonds is 5. The van der Waals surface area contributed by atoms with Gasteiger partial charge in [-0.3, -0.25) is 15.0 Å². The van der Waals surface area contributed by atoms with E-state index in [4.69, 9.17) is 5.21 Å². The van der Waals surface area contributed by atoms with E-state index in [0.29, 0.717) is 31.7 Å². The number of piperazine rings is 1. The van der Waals surface area contributed by atoms with Gasteiger partial charge in [-0.1, -0.05) is 12.1 Å². The highest BCUT2D eigenvalue weighted by atomic mass is 19.1. The number of aromatic nitrogens is 1. The van der Waals surface area contributed by atoms with E-state index in [9.17, 15) is 19.1 Å². The maximum absolute atomic E-state index is 13.4. The highest BCUT2D eigenvalue weighted by Crippen LogP contribution is 2.24. The molecule has 2 heterocycles. The predicted molar refractivity (Wildman–Crippen MR) is 107 cm³/mol. The summed E-state index contributed by atoms with van der Waals surface area (Å²) >= 11 is 0. The maximum atomic E-state index is 13.4. The maximum Gasteiger partial charge on any atom is 0.318 e. The molecule has 3 rings (SSSR count). The average molecular weight is 417 g/mol. The fourth-order valence-electron chi connectivity index (χ4n) is 3.30. The number of pyridine rings is 1. The second kappa shape index (κ2) is 9.51. The topological polar surface area (TPSA) is 118 Å². The number of amides is 3. The molecular weight excluding hydrogens is 393 g/mol. The third kappa shape index (κ3) is 5.02. The molecule has 1 aliphatic rings. The lowest BCUT2D eigenvalue weighted by atomic mass is 10.1. The molecule has 2 atom stereocenters. The Bertz CT molecular complexity index is 885. The Hall–Kier alpha value is -3.24. The Morgan fingerprint density at radius 3 is 2.33 bits per heavy atom. The first-order valence-electron chi connectivity index (χ1n) is 9.52. The van der Waals surface area contributed by atoms with Crippen molar-refractivity contribution >= 4 is 17.6 Å². The van der Waals surface area contributed by atoms with Crippen LogP contribution in [0.2, 0.25) is 0 Å². The zero-order valence-electron chi connectivity index (χ0n) is 16.5. The first kappa shape index (κ1) is 21.5. The van der Waals surface area contributed by atoms with Crippen LogP contribution in [-0.4, -0.2) is 70.5 Å². The van der Waals surface area contributed by atoms with Crippen molar-refractivity contribution in [3.05, 3.63) is 48.5 Å². The number of benzene rings is 1. The second-order valence-corrected chi connectivity index (χ2v) is 7.06. The van der Waals surface area contributed by atoms with Crippen LogP contribution in [0.3, 0.4) is 0 Å². The lowest BCUT2D eigenvalue weighted by molar-refractivity contribution is -0.133. The Morgan fingerprint density at radius 2 is 1.77 bits per heavy atom. The fraction of sp³-hybridized carbons (Fsp3) is 0.350.